The van der Waals surface area contributed by atoms with Crippen molar-refractivity contribution in [1.29, 1.82) is 0 Å². The van der Waals surface area contributed by atoms with Gasteiger partial charge in [-0.25, -0.2) is 0 Å². The number of hydrogen-bond acceptors (Lipinski definition) is 5. The van der Waals surface area contributed by atoms with Gasteiger partial charge >= 0.3 is 0 Å². The summed E-state index contributed by atoms with van der Waals surface area (Å²) in [4.78, 5) is 13.8. The number of aryl methyl sites for hydroxylation is 2. The van der Waals surface area contributed by atoms with E-state index in [1.165, 1.54) is 11.8 Å². The molecule has 1 atom stereocenters. The number of nitrogens with zero attached hydrogens (tertiary/aromatic N) is 3. The van der Waals surface area contributed by atoms with Crippen molar-refractivity contribution in [2.24, 2.45) is 0 Å². The highest BCUT2D eigenvalue weighted by Gasteiger charge is 2.31. The van der Waals surface area contributed by atoms with Gasteiger partial charge in [0.25, 0.3) is 0 Å². The van der Waals surface area contributed by atoms with Gasteiger partial charge in [0, 0.05) is 11.7 Å². The maximum atomic E-state index is 12.7. The van der Waals surface area contributed by atoms with Crippen LogP contribution in [0, 0.1) is 13.8 Å². The lowest BCUT2D eigenvalue weighted by Crippen LogP contribution is -2.23. The number of nitrogens with one attached hydrogen (secondary N) is 1. The van der Waals surface area contributed by atoms with E-state index in [1.807, 2.05) is 50.4 Å². The molecule has 1 amide bonds. The van der Waals surface area contributed by atoms with E-state index in [-0.39, 0.29) is 11.2 Å². The largest absolute Gasteiger partial charge is 0.325 e. The molecule has 0 saturated heterocycles. The summed E-state index contributed by atoms with van der Waals surface area (Å²) in [7, 11) is 0. The van der Waals surface area contributed by atoms with Crippen LogP contribution in [-0.4, -0.2) is 25.9 Å². The quantitative estimate of drug-likeness (QED) is 0.589. The topological polar surface area (TPSA) is 59.8 Å². The highest BCUT2D eigenvalue weighted by molar-refractivity contribution is 8.00. The van der Waals surface area contributed by atoms with Crippen molar-refractivity contribution in [3.63, 3.8) is 0 Å². The third-order valence-corrected chi connectivity index (χ3v) is 6.54. The summed E-state index contributed by atoms with van der Waals surface area (Å²) in [6, 6.07) is 10.6. The van der Waals surface area contributed by atoms with Gasteiger partial charge in [-0.3, -0.25) is 9.36 Å². The van der Waals surface area contributed by atoms with Gasteiger partial charge in [0.2, 0.25) is 5.91 Å². The van der Waals surface area contributed by atoms with Crippen LogP contribution in [-0.2, 0) is 4.79 Å². The number of benzene rings is 1. The van der Waals surface area contributed by atoms with Gasteiger partial charge in [0.05, 0.1) is 10.1 Å². The zero-order valence-corrected chi connectivity index (χ0v) is 17.2. The standard InChI is InChI=1S/C20H22N4OS2/c1-12-6-7-13(2)16(11-12)21-19(25)14(3)27-20-23-22-18(17-5-4-10-26-17)24(20)15-8-9-15/h4-7,10-11,14-15H,8-9H2,1-3H3,(H,21,25). The molecule has 140 valence electrons. The van der Waals surface area contributed by atoms with Gasteiger partial charge in [-0.05, 0) is 62.3 Å². The summed E-state index contributed by atoms with van der Waals surface area (Å²) in [5.41, 5.74) is 3.06. The molecule has 1 aliphatic carbocycles. The number of anilines is 1. The van der Waals surface area contributed by atoms with Gasteiger partial charge in [-0.15, -0.1) is 21.5 Å². The Morgan fingerprint density at radius 1 is 1.30 bits per heavy atom. The third kappa shape index (κ3) is 3.94. The summed E-state index contributed by atoms with van der Waals surface area (Å²) in [5, 5.41) is 14.5. The molecule has 1 N–H and O–H groups in total. The lowest BCUT2D eigenvalue weighted by molar-refractivity contribution is -0.115. The van der Waals surface area contributed by atoms with Crippen molar-refractivity contribution in [3.05, 3.63) is 46.8 Å². The molecule has 1 aliphatic rings. The molecular weight excluding hydrogens is 376 g/mol. The number of amides is 1. The summed E-state index contributed by atoms with van der Waals surface area (Å²) < 4.78 is 2.21. The number of carbonyl (C=O) groups is 1. The number of hydrogen-bond donors (Lipinski definition) is 1. The molecule has 2 aromatic heterocycles. The van der Waals surface area contributed by atoms with Crippen molar-refractivity contribution >= 4 is 34.7 Å². The number of carbonyl (C=O) groups excluding carboxylic acids is 1. The molecule has 1 unspecified atom stereocenters. The minimum Gasteiger partial charge on any atom is -0.325 e. The van der Waals surface area contributed by atoms with E-state index in [2.05, 4.69) is 26.1 Å². The normalized spacial score (nSPS) is 14.9. The maximum absolute atomic E-state index is 12.7. The van der Waals surface area contributed by atoms with Gasteiger partial charge in [-0.1, -0.05) is 30.0 Å². The minimum absolute atomic E-state index is 0.0169. The molecule has 1 aromatic carbocycles. The van der Waals surface area contributed by atoms with Gasteiger partial charge in [0.1, 0.15) is 0 Å². The Morgan fingerprint density at radius 3 is 2.81 bits per heavy atom. The molecular formula is C20H22N4OS2. The average Bonchev–Trinajstić information content (AvgIpc) is 3.16. The Balaban J connectivity index is 1.52. The first-order valence-corrected chi connectivity index (χ1v) is 10.8. The molecule has 0 bridgehead atoms. The zero-order valence-electron chi connectivity index (χ0n) is 15.6. The number of thiophene rings is 1. The van der Waals surface area contributed by atoms with E-state index >= 15 is 0 Å². The first-order chi connectivity index (χ1) is 13.0. The second-order valence-electron chi connectivity index (χ2n) is 6.95. The Bertz CT molecular complexity index is 961. The van der Waals surface area contributed by atoms with Crippen LogP contribution in [0.4, 0.5) is 5.69 Å². The molecule has 7 heteroatoms. The molecule has 2 heterocycles. The second kappa shape index (κ2) is 7.48. The summed E-state index contributed by atoms with van der Waals surface area (Å²) >= 11 is 3.14. The van der Waals surface area contributed by atoms with Crippen molar-refractivity contribution in [3.8, 4) is 10.7 Å². The first-order valence-electron chi connectivity index (χ1n) is 9.06. The van der Waals surface area contributed by atoms with Crippen LogP contribution in [0.5, 0.6) is 0 Å². The lowest BCUT2D eigenvalue weighted by atomic mass is 10.1. The highest BCUT2D eigenvalue weighted by Crippen LogP contribution is 2.42. The molecule has 1 saturated carbocycles. The average molecular weight is 399 g/mol. The number of rotatable bonds is 6. The van der Waals surface area contributed by atoms with Crippen molar-refractivity contribution in [1.82, 2.24) is 14.8 Å². The van der Waals surface area contributed by atoms with Crippen molar-refractivity contribution in [2.45, 2.75) is 50.1 Å². The lowest BCUT2D eigenvalue weighted by Gasteiger charge is -2.14. The Hall–Kier alpha value is -2.12. The van der Waals surface area contributed by atoms with Crippen LogP contribution in [0.3, 0.4) is 0 Å². The molecule has 5 nitrogen and oxygen atoms in total. The molecule has 0 radical (unpaired) electrons. The molecule has 4 rings (SSSR count). The van der Waals surface area contributed by atoms with Crippen LogP contribution in [0.25, 0.3) is 10.7 Å². The van der Waals surface area contributed by atoms with E-state index in [4.69, 9.17) is 0 Å². The molecule has 0 aliphatic heterocycles. The minimum atomic E-state index is -0.261. The number of aromatic nitrogens is 3. The molecule has 0 spiro atoms. The van der Waals surface area contributed by atoms with Crippen molar-refractivity contribution in [2.75, 3.05) is 5.32 Å². The Kier molecular flexibility index (Phi) is 5.06. The van der Waals surface area contributed by atoms with Gasteiger partial charge < -0.3 is 5.32 Å². The van der Waals surface area contributed by atoms with Crippen LogP contribution < -0.4 is 5.32 Å². The summed E-state index contributed by atoms with van der Waals surface area (Å²) in [6.45, 7) is 5.95. The molecule has 1 fully saturated rings. The predicted molar refractivity (Wildman–Crippen MR) is 111 cm³/mol. The second-order valence-corrected chi connectivity index (χ2v) is 9.21. The Morgan fingerprint density at radius 2 is 2.11 bits per heavy atom. The van der Waals surface area contributed by atoms with Crippen molar-refractivity contribution < 1.29 is 4.79 Å². The fourth-order valence-electron chi connectivity index (χ4n) is 2.91. The maximum Gasteiger partial charge on any atom is 0.237 e. The van der Waals surface area contributed by atoms with E-state index < -0.39 is 0 Å². The smallest absolute Gasteiger partial charge is 0.237 e. The molecule has 27 heavy (non-hydrogen) atoms. The first kappa shape index (κ1) is 18.3. The molecule has 3 aromatic rings. The van der Waals surface area contributed by atoms with Crippen LogP contribution in [0.2, 0.25) is 0 Å². The SMILES string of the molecule is Cc1ccc(C)c(NC(=O)C(C)Sc2nnc(-c3cccs3)n2C2CC2)c1. The third-order valence-electron chi connectivity index (χ3n) is 4.62. The predicted octanol–water partition coefficient (Wildman–Crippen LogP) is 5.08. The van der Waals surface area contributed by atoms with Gasteiger partial charge in [-0.2, -0.15) is 0 Å². The van der Waals surface area contributed by atoms with Crippen LogP contribution in [0.1, 0.15) is 36.9 Å². The fourth-order valence-corrected chi connectivity index (χ4v) is 4.53. The summed E-state index contributed by atoms with van der Waals surface area (Å²) in [5.74, 6) is 0.897. The number of thioether (sulfide) groups is 1. The summed E-state index contributed by atoms with van der Waals surface area (Å²) in [6.07, 6.45) is 2.29. The van der Waals surface area contributed by atoms with Crippen LogP contribution in [0.15, 0.2) is 40.9 Å². The van der Waals surface area contributed by atoms with Crippen LogP contribution >= 0.6 is 23.1 Å². The highest BCUT2D eigenvalue weighted by atomic mass is 32.2. The van der Waals surface area contributed by atoms with Gasteiger partial charge in [0.15, 0.2) is 11.0 Å². The van der Waals surface area contributed by atoms with E-state index in [1.54, 1.807) is 11.3 Å². The zero-order chi connectivity index (χ0) is 19.0. The Labute approximate surface area is 167 Å². The van der Waals surface area contributed by atoms with E-state index in [9.17, 15) is 4.79 Å². The monoisotopic (exact) mass is 398 g/mol. The fraction of sp³-hybridized carbons (Fsp3) is 0.350. The van der Waals surface area contributed by atoms with E-state index in [0.717, 1.165) is 45.5 Å². The van der Waals surface area contributed by atoms with E-state index in [0.29, 0.717) is 6.04 Å².